The maximum Gasteiger partial charge on any atom is 0.243 e. The molecular formula is C13H19FN2O2S. The molecule has 4 nitrogen and oxygen atoms in total. The topological polar surface area (TPSA) is 63.4 Å². The monoisotopic (exact) mass is 286 g/mol. The first-order valence-corrected chi connectivity index (χ1v) is 7.86. The van der Waals surface area contributed by atoms with E-state index in [1.807, 2.05) is 6.92 Å². The number of hydrogen-bond donors (Lipinski definition) is 1. The summed E-state index contributed by atoms with van der Waals surface area (Å²) in [5.74, 6) is -0.376. The fraction of sp³-hybridized carbons (Fsp3) is 0.538. The van der Waals surface area contributed by atoms with E-state index in [1.54, 1.807) is 0 Å². The summed E-state index contributed by atoms with van der Waals surface area (Å²) < 4.78 is 39.4. The van der Waals surface area contributed by atoms with Crippen molar-refractivity contribution in [3.8, 4) is 0 Å². The fourth-order valence-electron chi connectivity index (χ4n) is 2.40. The lowest BCUT2D eigenvalue weighted by Gasteiger charge is -2.33. The minimum Gasteiger partial charge on any atom is -0.328 e. The van der Waals surface area contributed by atoms with Crippen LogP contribution in [0.1, 0.15) is 19.8 Å². The zero-order valence-corrected chi connectivity index (χ0v) is 11.7. The number of hydrogen-bond acceptors (Lipinski definition) is 3. The molecule has 6 heteroatoms. The van der Waals surface area contributed by atoms with E-state index in [0.29, 0.717) is 13.1 Å². The second-order valence-electron chi connectivity index (χ2n) is 5.08. The molecule has 1 fully saturated rings. The van der Waals surface area contributed by atoms with Crippen LogP contribution in [0.15, 0.2) is 29.2 Å². The van der Waals surface area contributed by atoms with E-state index < -0.39 is 15.8 Å². The molecule has 0 radical (unpaired) electrons. The van der Waals surface area contributed by atoms with Crippen LogP contribution in [0.3, 0.4) is 0 Å². The molecule has 0 spiro atoms. The molecule has 1 aromatic carbocycles. The smallest absolute Gasteiger partial charge is 0.243 e. The zero-order valence-electron chi connectivity index (χ0n) is 10.9. The molecule has 2 N–H and O–H groups in total. The van der Waals surface area contributed by atoms with Gasteiger partial charge >= 0.3 is 0 Å². The molecule has 19 heavy (non-hydrogen) atoms. The molecule has 1 heterocycles. The Balaban J connectivity index is 2.24. The summed E-state index contributed by atoms with van der Waals surface area (Å²) >= 11 is 0. The average molecular weight is 286 g/mol. The highest BCUT2D eigenvalue weighted by atomic mass is 32.2. The van der Waals surface area contributed by atoms with Gasteiger partial charge in [0.1, 0.15) is 5.82 Å². The highest BCUT2D eigenvalue weighted by molar-refractivity contribution is 7.89. The van der Waals surface area contributed by atoms with Crippen molar-refractivity contribution in [2.75, 3.05) is 13.1 Å². The molecular weight excluding hydrogens is 267 g/mol. The van der Waals surface area contributed by atoms with E-state index in [0.717, 1.165) is 18.9 Å². The van der Waals surface area contributed by atoms with Crippen LogP contribution in [-0.4, -0.2) is 31.9 Å². The lowest BCUT2D eigenvalue weighted by molar-refractivity contribution is 0.243. The Morgan fingerprint density at radius 1 is 1.47 bits per heavy atom. The third-order valence-corrected chi connectivity index (χ3v) is 5.46. The summed E-state index contributed by atoms with van der Waals surface area (Å²) in [6, 6.07) is 5.10. The highest BCUT2D eigenvalue weighted by Crippen LogP contribution is 2.25. The molecule has 2 atom stereocenters. The predicted molar refractivity (Wildman–Crippen MR) is 71.5 cm³/mol. The van der Waals surface area contributed by atoms with Gasteiger partial charge < -0.3 is 5.73 Å². The van der Waals surface area contributed by atoms with E-state index in [2.05, 4.69) is 0 Å². The molecule has 2 rings (SSSR count). The summed E-state index contributed by atoms with van der Waals surface area (Å²) in [5, 5.41) is 0. The second-order valence-corrected chi connectivity index (χ2v) is 7.02. The van der Waals surface area contributed by atoms with Gasteiger partial charge in [-0.1, -0.05) is 6.07 Å². The third kappa shape index (κ3) is 3.13. The first-order valence-electron chi connectivity index (χ1n) is 6.42. The lowest BCUT2D eigenvalue weighted by atomic mass is 9.93. The van der Waals surface area contributed by atoms with Gasteiger partial charge in [-0.05, 0) is 43.9 Å². The molecule has 1 saturated heterocycles. The molecule has 0 saturated carbocycles. The first-order chi connectivity index (χ1) is 8.91. The summed E-state index contributed by atoms with van der Waals surface area (Å²) in [6.07, 6.45) is 1.73. The van der Waals surface area contributed by atoms with Gasteiger partial charge in [-0.25, -0.2) is 12.8 Å². The Bertz CT molecular complexity index is 545. The zero-order chi connectivity index (χ0) is 14.0. The molecule has 0 aliphatic carbocycles. The number of nitrogens with two attached hydrogens (primary N) is 1. The maximum absolute atomic E-state index is 13.2. The molecule has 0 aromatic heterocycles. The van der Waals surface area contributed by atoms with Crippen LogP contribution in [0.2, 0.25) is 0 Å². The molecule has 0 amide bonds. The number of halogens is 1. The van der Waals surface area contributed by atoms with Gasteiger partial charge in [-0.15, -0.1) is 0 Å². The van der Waals surface area contributed by atoms with Crippen molar-refractivity contribution in [2.24, 2.45) is 11.7 Å². The number of piperidine rings is 1. The van der Waals surface area contributed by atoms with Crippen LogP contribution < -0.4 is 5.73 Å². The summed E-state index contributed by atoms with van der Waals surface area (Å²) in [5.41, 5.74) is 5.85. The Hall–Kier alpha value is -0.980. The van der Waals surface area contributed by atoms with Crippen LogP contribution in [0.25, 0.3) is 0 Å². The van der Waals surface area contributed by atoms with Crippen LogP contribution in [0.4, 0.5) is 4.39 Å². The molecule has 0 unspecified atom stereocenters. The van der Waals surface area contributed by atoms with Gasteiger partial charge in [-0.2, -0.15) is 4.31 Å². The van der Waals surface area contributed by atoms with Crippen LogP contribution >= 0.6 is 0 Å². The largest absolute Gasteiger partial charge is 0.328 e. The molecule has 1 aliphatic rings. The van der Waals surface area contributed by atoms with Crippen LogP contribution in [0, 0.1) is 11.7 Å². The van der Waals surface area contributed by atoms with Crippen molar-refractivity contribution in [1.82, 2.24) is 4.31 Å². The second kappa shape index (κ2) is 5.56. The van der Waals surface area contributed by atoms with Crippen LogP contribution in [-0.2, 0) is 10.0 Å². The van der Waals surface area contributed by atoms with Crippen LogP contribution in [0.5, 0.6) is 0 Å². The van der Waals surface area contributed by atoms with Gasteiger partial charge in [0.05, 0.1) is 4.90 Å². The Morgan fingerprint density at radius 2 is 2.21 bits per heavy atom. The van der Waals surface area contributed by atoms with Crippen molar-refractivity contribution in [3.05, 3.63) is 30.1 Å². The molecule has 106 valence electrons. The maximum atomic E-state index is 13.2. The first kappa shape index (κ1) is 14.4. The predicted octanol–water partition coefficient (Wildman–Crippen LogP) is 1.57. The fourth-order valence-corrected chi connectivity index (χ4v) is 3.97. The minimum absolute atomic E-state index is 0.0119. The highest BCUT2D eigenvalue weighted by Gasteiger charge is 2.31. The lowest BCUT2D eigenvalue weighted by Crippen LogP contribution is -2.44. The molecule has 1 aliphatic heterocycles. The van der Waals surface area contributed by atoms with Gasteiger partial charge in [0.2, 0.25) is 10.0 Å². The van der Waals surface area contributed by atoms with Crippen molar-refractivity contribution < 1.29 is 12.8 Å². The molecule has 1 aromatic rings. The van der Waals surface area contributed by atoms with E-state index >= 15 is 0 Å². The number of rotatable bonds is 3. The van der Waals surface area contributed by atoms with Gasteiger partial charge in [0.25, 0.3) is 0 Å². The van der Waals surface area contributed by atoms with E-state index in [1.165, 1.54) is 22.5 Å². The number of sulfonamides is 1. The number of nitrogens with zero attached hydrogens (tertiary/aromatic N) is 1. The number of benzene rings is 1. The van der Waals surface area contributed by atoms with Crippen molar-refractivity contribution in [2.45, 2.75) is 30.7 Å². The summed E-state index contributed by atoms with van der Waals surface area (Å²) in [7, 11) is -3.61. The van der Waals surface area contributed by atoms with E-state index in [9.17, 15) is 12.8 Å². The summed E-state index contributed by atoms with van der Waals surface area (Å²) in [6.45, 7) is 2.78. The van der Waals surface area contributed by atoms with Gasteiger partial charge in [0, 0.05) is 19.1 Å². The van der Waals surface area contributed by atoms with Gasteiger partial charge in [-0.3, -0.25) is 0 Å². The van der Waals surface area contributed by atoms with E-state index in [-0.39, 0.29) is 16.9 Å². The average Bonchev–Trinajstić information content (AvgIpc) is 2.39. The summed E-state index contributed by atoms with van der Waals surface area (Å²) in [4.78, 5) is 0.0119. The van der Waals surface area contributed by atoms with Crippen molar-refractivity contribution >= 4 is 10.0 Å². The Labute approximate surface area is 113 Å². The Morgan fingerprint density at radius 3 is 2.84 bits per heavy atom. The molecule has 0 bridgehead atoms. The third-order valence-electron chi connectivity index (χ3n) is 3.60. The van der Waals surface area contributed by atoms with Crippen molar-refractivity contribution in [3.63, 3.8) is 0 Å². The minimum atomic E-state index is -3.61. The SMILES string of the molecule is C[C@@H](N)[C@@H]1CCCN(S(=O)(=O)c2cccc(F)c2)C1. The standard InChI is InChI=1S/C13H19FN2O2S/c1-10(15)11-4-3-7-16(9-11)19(17,18)13-6-2-5-12(14)8-13/h2,5-6,8,10-11H,3-4,7,9,15H2,1H3/t10-,11-/m1/s1. The van der Waals surface area contributed by atoms with Crippen molar-refractivity contribution in [1.29, 1.82) is 0 Å². The van der Waals surface area contributed by atoms with Gasteiger partial charge in [0.15, 0.2) is 0 Å². The Kier molecular flexibility index (Phi) is 4.23. The quantitative estimate of drug-likeness (QED) is 0.917. The van der Waals surface area contributed by atoms with E-state index in [4.69, 9.17) is 5.73 Å². The normalized spacial score (nSPS) is 23.2.